The maximum absolute atomic E-state index is 2.54. The van der Waals surface area contributed by atoms with Crippen LogP contribution in [0, 0.1) is 0 Å². The van der Waals surface area contributed by atoms with Gasteiger partial charge in [0, 0.05) is 38.3 Å². The predicted molar refractivity (Wildman–Crippen MR) is 392 cm³/mol. The highest BCUT2D eigenvalue weighted by Gasteiger charge is 2.44. The van der Waals surface area contributed by atoms with Crippen LogP contribution < -0.4 is 0 Å². The van der Waals surface area contributed by atoms with Gasteiger partial charge in [-0.2, -0.15) is 0 Å². The number of nitrogens with zero attached hydrogens (tertiary/aromatic N) is 2. The molecule has 2 heterocycles. The largest absolute Gasteiger partial charge is 0.309 e. The number of hydrogen-bond donors (Lipinski definition) is 0. The summed E-state index contributed by atoms with van der Waals surface area (Å²) in [6.45, 7) is 0. The molecular formula is C90H64N2. The van der Waals surface area contributed by atoms with Crippen LogP contribution in [0.4, 0.5) is 0 Å². The van der Waals surface area contributed by atoms with Crippen molar-refractivity contribution in [2.24, 2.45) is 0 Å². The van der Waals surface area contributed by atoms with Gasteiger partial charge in [-0.3, -0.25) is 0 Å². The number of fused-ring (bicyclic) bond motifs is 13. The van der Waals surface area contributed by atoms with Crippen molar-refractivity contribution in [3.63, 3.8) is 0 Å². The SMILES string of the molecule is C(=C\c1ccc(-c2ccc3c(c2)c2ccccc2n3-c2ccc3ccccc3c2)cc1)/c1ccc(-c2ccc3c(c2)C2(CCCCC2)c2cc(-c4ccc(/C=C/c5ccc(-c6ccc7c(c6)c6ccccc6n7-c6ccc7ccccc7c6)cc5)cc4)ccc2-3)cc1. The second kappa shape index (κ2) is 22.0. The number of para-hydroxylation sites is 2. The van der Waals surface area contributed by atoms with Crippen molar-refractivity contribution >= 4 is 89.5 Å². The molecular weight excluding hydrogens is 1110 g/mol. The molecule has 1 saturated carbocycles. The average molecular weight is 1170 g/mol. The highest BCUT2D eigenvalue weighted by molar-refractivity contribution is 6.12. The molecule has 18 rings (SSSR count). The van der Waals surface area contributed by atoms with Crippen LogP contribution >= 0.6 is 0 Å². The van der Waals surface area contributed by atoms with Crippen LogP contribution in [0.25, 0.3) is 156 Å². The summed E-state index contributed by atoms with van der Waals surface area (Å²) in [5.41, 5.74) is 27.8. The van der Waals surface area contributed by atoms with Crippen molar-refractivity contribution in [2.75, 3.05) is 0 Å². The van der Waals surface area contributed by atoms with Crippen LogP contribution in [0.15, 0.2) is 303 Å². The summed E-state index contributed by atoms with van der Waals surface area (Å²) in [6.07, 6.45) is 15.1. The molecule has 2 nitrogen and oxygen atoms in total. The van der Waals surface area contributed by atoms with E-state index < -0.39 is 0 Å². The molecule has 16 aromatic rings. The standard InChI is InChI=1S/C90H64N2/c1-10-52-90(53-11-1)84-58-74(68-36-28-62(29-37-68)22-20-60-24-32-66(33-25-60)72-44-50-88-82(56-72)80-16-6-8-18-86(80)91(88)76-46-40-64-12-2-4-14-70(64)54-76)42-48-78(84)79-49-43-75(59-85(79)90)69-38-30-63(31-39-69)23-21-61-26-34-67(35-27-61)73-45-51-89-83(57-73)81-17-7-9-19-87(81)92(89)77-47-41-65-13-3-5-15-71(65)55-77/h2-9,12-51,54-59H,1,10-11,52-53H2/b22-20+,23-21+. The van der Waals surface area contributed by atoms with Gasteiger partial charge in [0.05, 0.1) is 22.1 Å². The lowest BCUT2D eigenvalue weighted by molar-refractivity contribution is 0.353. The lowest BCUT2D eigenvalue weighted by Gasteiger charge is -2.36. The van der Waals surface area contributed by atoms with Gasteiger partial charge in [0.1, 0.15) is 0 Å². The van der Waals surface area contributed by atoms with E-state index in [4.69, 9.17) is 0 Å². The maximum Gasteiger partial charge on any atom is 0.0541 e. The van der Waals surface area contributed by atoms with Crippen molar-refractivity contribution < 1.29 is 0 Å². The Bertz CT molecular complexity index is 5280. The molecule has 0 amide bonds. The first-order valence-electron chi connectivity index (χ1n) is 32.6. The van der Waals surface area contributed by atoms with E-state index >= 15 is 0 Å². The molecule has 0 atom stereocenters. The lowest BCUT2D eigenvalue weighted by Crippen LogP contribution is -2.28. The fraction of sp³-hybridized carbons (Fsp3) is 0.0667. The van der Waals surface area contributed by atoms with Gasteiger partial charge < -0.3 is 9.13 Å². The van der Waals surface area contributed by atoms with Gasteiger partial charge in [0.25, 0.3) is 0 Å². The summed E-state index contributed by atoms with van der Waals surface area (Å²) in [5, 5.41) is 10.1. The Kier molecular flexibility index (Phi) is 12.8. The Labute approximate surface area is 536 Å². The molecule has 14 aromatic carbocycles. The summed E-state index contributed by atoms with van der Waals surface area (Å²) >= 11 is 0. The third-order valence-electron chi connectivity index (χ3n) is 20.3. The zero-order valence-corrected chi connectivity index (χ0v) is 51.1. The first kappa shape index (κ1) is 53.7. The first-order valence-corrected chi connectivity index (χ1v) is 32.6. The van der Waals surface area contributed by atoms with Gasteiger partial charge in [-0.25, -0.2) is 0 Å². The Morgan fingerprint density at radius 1 is 0.239 bits per heavy atom. The van der Waals surface area contributed by atoms with Crippen molar-refractivity contribution in [1.82, 2.24) is 9.13 Å². The van der Waals surface area contributed by atoms with Gasteiger partial charge in [-0.1, -0.05) is 274 Å². The summed E-state index contributed by atoms with van der Waals surface area (Å²) < 4.78 is 4.81. The second-order valence-corrected chi connectivity index (χ2v) is 25.6. The molecule has 2 heteroatoms. The molecule has 0 aliphatic heterocycles. The van der Waals surface area contributed by atoms with E-state index in [-0.39, 0.29) is 5.41 Å². The molecule has 434 valence electrons. The molecule has 0 N–H and O–H groups in total. The molecule has 0 unspecified atom stereocenters. The van der Waals surface area contributed by atoms with Crippen LogP contribution in [-0.4, -0.2) is 9.13 Å². The van der Waals surface area contributed by atoms with Gasteiger partial charge in [0.15, 0.2) is 0 Å². The summed E-state index contributed by atoms with van der Waals surface area (Å²) in [4.78, 5) is 0. The van der Waals surface area contributed by atoms with Crippen LogP contribution in [-0.2, 0) is 5.41 Å². The van der Waals surface area contributed by atoms with Gasteiger partial charge >= 0.3 is 0 Å². The van der Waals surface area contributed by atoms with Crippen molar-refractivity contribution in [1.29, 1.82) is 0 Å². The Morgan fingerprint density at radius 3 is 0.967 bits per heavy atom. The summed E-state index contributed by atoms with van der Waals surface area (Å²) in [5.74, 6) is 0. The quantitative estimate of drug-likeness (QED) is 0.121. The number of hydrogen-bond acceptors (Lipinski definition) is 0. The predicted octanol–water partition coefficient (Wildman–Crippen LogP) is 24.4. The smallest absolute Gasteiger partial charge is 0.0541 e. The highest BCUT2D eigenvalue weighted by Crippen LogP contribution is 2.57. The minimum absolute atomic E-state index is 0.0304. The van der Waals surface area contributed by atoms with Gasteiger partial charge in [-0.05, 0) is 196 Å². The third-order valence-corrected chi connectivity index (χ3v) is 20.3. The molecule has 0 bridgehead atoms. The fourth-order valence-corrected chi connectivity index (χ4v) is 15.6. The molecule has 92 heavy (non-hydrogen) atoms. The summed E-state index contributed by atoms with van der Waals surface area (Å²) in [6, 6.07) is 113. The van der Waals surface area contributed by atoms with E-state index in [1.807, 2.05) is 0 Å². The molecule has 0 saturated heterocycles. The first-order chi connectivity index (χ1) is 45.5. The minimum atomic E-state index is 0.0304. The second-order valence-electron chi connectivity index (χ2n) is 25.6. The average Bonchev–Trinajstić information content (AvgIpc) is 1.62. The summed E-state index contributed by atoms with van der Waals surface area (Å²) in [7, 11) is 0. The molecule has 2 aliphatic rings. The molecule has 2 aliphatic carbocycles. The normalized spacial score (nSPS) is 13.7. The Hall–Kier alpha value is -11.3. The van der Waals surface area contributed by atoms with Crippen molar-refractivity contribution in [3.05, 3.63) is 337 Å². The van der Waals surface area contributed by atoms with Crippen LogP contribution in [0.3, 0.4) is 0 Å². The van der Waals surface area contributed by atoms with E-state index in [1.54, 1.807) is 0 Å². The monoisotopic (exact) mass is 1170 g/mol. The zero-order valence-electron chi connectivity index (χ0n) is 51.1. The van der Waals surface area contributed by atoms with Crippen LogP contribution in [0.5, 0.6) is 0 Å². The van der Waals surface area contributed by atoms with Crippen LogP contribution in [0.1, 0.15) is 65.5 Å². The molecule has 1 fully saturated rings. The van der Waals surface area contributed by atoms with Crippen molar-refractivity contribution in [3.8, 4) is 67.0 Å². The maximum atomic E-state index is 2.54. The number of rotatable bonds is 10. The Balaban J connectivity index is 0.551. The fourth-order valence-electron chi connectivity index (χ4n) is 15.6. The van der Waals surface area contributed by atoms with Gasteiger partial charge in [-0.15, -0.1) is 0 Å². The Morgan fingerprint density at radius 2 is 0.565 bits per heavy atom. The van der Waals surface area contributed by atoms with Gasteiger partial charge in [0.2, 0.25) is 0 Å². The highest BCUT2D eigenvalue weighted by atomic mass is 15.0. The van der Waals surface area contributed by atoms with E-state index in [1.165, 1.54) is 198 Å². The zero-order chi connectivity index (χ0) is 60.7. The third kappa shape index (κ3) is 9.24. The topological polar surface area (TPSA) is 9.86 Å². The van der Waals surface area contributed by atoms with E-state index in [0.717, 1.165) is 0 Å². The number of aromatic nitrogens is 2. The molecule has 2 aromatic heterocycles. The van der Waals surface area contributed by atoms with E-state index in [9.17, 15) is 0 Å². The minimum Gasteiger partial charge on any atom is -0.309 e. The van der Waals surface area contributed by atoms with Crippen molar-refractivity contribution in [2.45, 2.75) is 37.5 Å². The number of benzene rings is 14. The van der Waals surface area contributed by atoms with Crippen LogP contribution in [0.2, 0.25) is 0 Å². The molecule has 1 spiro atoms. The van der Waals surface area contributed by atoms with E-state index in [0.29, 0.717) is 0 Å². The van der Waals surface area contributed by atoms with E-state index in [2.05, 4.69) is 337 Å². The lowest BCUT2D eigenvalue weighted by atomic mass is 9.67. The molecule has 0 radical (unpaired) electrons.